The summed E-state index contributed by atoms with van der Waals surface area (Å²) in [6.45, 7) is 4.81. The summed E-state index contributed by atoms with van der Waals surface area (Å²) in [5, 5.41) is 0. The van der Waals surface area contributed by atoms with E-state index in [0.29, 0.717) is 37.6 Å². The van der Waals surface area contributed by atoms with Crippen LogP contribution in [0.2, 0.25) is 0 Å². The van der Waals surface area contributed by atoms with Gasteiger partial charge in [-0.3, -0.25) is 0 Å². The Morgan fingerprint density at radius 2 is 1.79 bits per heavy atom. The molecule has 24 heavy (non-hydrogen) atoms. The lowest BCUT2D eigenvalue weighted by atomic mass is 10.1. The van der Waals surface area contributed by atoms with E-state index in [9.17, 15) is 8.42 Å². The molecule has 8 heteroatoms. The van der Waals surface area contributed by atoms with E-state index < -0.39 is 10.2 Å². The van der Waals surface area contributed by atoms with Crippen molar-refractivity contribution in [3.05, 3.63) is 23.8 Å². The zero-order valence-electron chi connectivity index (χ0n) is 14.6. The summed E-state index contributed by atoms with van der Waals surface area (Å²) in [5.41, 5.74) is 0.971. The standard InChI is InChI=1S/C16H26N2O5S/c1-12-10-18(11-13(2)23-12)24(19,20)17-8-7-14-5-6-15(21-3)16(9-14)22-4/h5-6,9,12-13,17H,7-8,10-11H2,1-4H3/t12-,13-/m1/s1. The molecule has 0 saturated carbocycles. The van der Waals surface area contributed by atoms with Gasteiger partial charge in [0.2, 0.25) is 0 Å². The maximum absolute atomic E-state index is 12.4. The maximum atomic E-state index is 12.4. The molecule has 0 aromatic heterocycles. The SMILES string of the molecule is COc1ccc(CCNS(=O)(=O)N2C[C@@H](C)O[C@H](C)C2)cc1OC. The number of ether oxygens (including phenoxy) is 3. The predicted octanol–water partition coefficient (Wildman–Crippen LogP) is 1.19. The lowest BCUT2D eigenvalue weighted by molar-refractivity contribution is -0.0443. The molecule has 1 fully saturated rings. The monoisotopic (exact) mass is 358 g/mol. The van der Waals surface area contributed by atoms with Gasteiger partial charge >= 0.3 is 0 Å². The quantitative estimate of drug-likeness (QED) is 0.792. The maximum Gasteiger partial charge on any atom is 0.279 e. The van der Waals surface area contributed by atoms with Crippen LogP contribution in [-0.2, 0) is 21.4 Å². The van der Waals surface area contributed by atoms with E-state index in [1.54, 1.807) is 14.2 Å². The van der Waals surface area contributed by atoms with Crippen LogP contribution in [0.4, 0.5) is 0 Å². The number of rotatable bonds is 7. The van der Waals surface area contributed by atoms with Crippen molar-refractivity contribution in [3.63, 3.8) is 0 Å². The second kappa shape index (κ2) is 8.15. The summed E-state index contributed by atoms with van der Waals surface area (Å²) in [6, 6.07) is 5.56. The highest BCUT2D eigenvalue weighted by Crippen LogP contribution is 2.27. The average Bonchev–Trinajstić information content (AvgIpc) is 2.53. The number of nitrogens with one attached hydrogen (secondary N) is 1. The molecule has 2 atom stereocenters. The molecule has 1 N–H and O–H groups in total. The number of hydrogen-bond acceptors (Lipinski definition) is 5. The second-order valence-corrected chi connectivity index (χ2v) is 7.67. The largest absolute Gasteiger partial charge is 0.493 e. The lowest BCUT2D eigenvalue weighted by Gasteiger charge is -2.34. The summed E-state index contributed by atoms with van der Waals surface area (Å²) in [4.78, 5) is 0. The van der Waals surface area contributed by atoms with Crippen LogP contribution in [0.1, 0.15) is 19.4 Å². The van der Waals surface area contributed by atoms with Crippen molar-refractivity contribution >= 4 is 10.2 Å². The molecular weight excluding hydrogens is 332 g/mol. The van der Waals surface area contributed by atoms with Gasteiger partial charge in [0.25, 0.3) is 10.2 Å². The number of hydrogen-bond donors (Lipinski definition) is 1. The van der Waals surface area contributed by atoms with Gasteiger partial charge in [-0.2, -0.15) is 12.7 Å². The molecule has 0 unspecified atom stereocenters. The Balaban J connectivity index is 1.93. The van der Waals surface area contributed by atoms with Gasteiger partial charge in [-0.1, -0.05) is 6.07 Å². The van der Waals surface area contributed by atoms with Gasteiger partial charge in [-0.25, -0.2) is 4.72 Å². The third-order valence-electron chi connectivity index (χ3n) is 3.87. The molecular formula is C16H26N2O5S. The van der Waals surface area contributed by atoms with Crippen LogP contribution < -0.4 is 14.2 Å². The summed E-state index contributed by atoms with van der Waals surface area (Å²) >= 11 is 0. The first-order valence-electron chi connectivity index (χ1n) is 7.96. The molecule has 0 radical (unpaired) electrons. The Morgan fingerprint density at radius 3 is 2.38 bits per heavy atom. The Bertz CT molecular complexity index is 640. The van der Waals surface area contributed by atoms with Crippen molar-refractivity contribution in [1.29, 1.82) is 0 Å². The van der Waals surface area contributed by atoms with E-state index in [4.69, 9.17) is 14.2 Å². The first-order chi connectivity index (χ1) is 11.4. The molecule has 0 spiro atoms. The second-order valence-electron chi connectivity index (χ2n) is 5.91. The first-order valence-corrected chi connectivity index (χ1v) is 9.41. The Kier molecular flexibility index (Phi) is 6.45. The molecule has 0 amide bonds. The number of methoxy groups -OCH3 is 2. The van der Waals surface area contributed by atoms with Crippen LogP contribution in [0.3, 0.4) is 0 Å². The Morgan fingerprint density at radius 1 is 1.17 bits per heavy atom. The molecule has 136 valence electrons. The minimum Gasteiger partial charge on any atom is -0.493 e. The van der Waals surface area contributed by atoms with Crippen LogP contribution >= 0.6 is 0 Å². The van der Waals surface area contributed by atoms with Crippen molar-refractivity contribution in [2.45, 2.75) is 32.5 Å². The third-order valence-corrected chi connectivity index (χ3v) is 5.42. The summed E-state index contributed by atoms with van der Waals surface area (Å²) in [7, 11) is -0.347. The molecule has 1 saturated heterocycles. The molecule has 1 aliphatic heterocycles. The highest BCUT2D eigenvalue weighted by Gasteiger charge is 2.30. The van der Waals surface area contributed by atoms with E-state index >= 15 is 0 Å². The van der Waals surface area contributed by atoms with Gasteiger partial charge in [-0.05, 0) is 38.0 Å². The van der Waals surface area contributed by atoms with Crippen LogP contribution in [0, 0.1) is 0 Å². The molecule has 7 nitrogen and oxygen atoms in total. The van der Waals surface area contributed by atoms with E-state index in [-0.39, 0.29) is 12.2 Å². The van der Waals surface area contributed by atoms with E-state index in [2.05, 4.69) is 4.72 Å². The molecule has 1 heterocycles. The minimum absolute atomic E-state index is 0.101. The zero-order valence-corrected chi connectivity index (χ0v) is 15.4. The van der Waals surface area contributed by atoms with Crippen molar-refractivity contribution < 1.29 is 22.6 Å². The summed E-state index contributed by atoms with van der Waals surface area (Å²) in [6.07, 6.45) is 0.363. The molecule has 1 aliphatic rings. The highest BCUT2D eigenvalue weighted by atomic mass is 32.2. The van der Waals surface area contributed by atoms with Gasteiger partial charge in [0, 0.05) is 19.6 Å². The number of benzene rings is 1. The van der Waals surface area contributed by atoms with Crippen molar-refractivity contribution in [3.8, 4) is 11.5 Å². The van der Waals surface area contributed by atoms with Gasteiger partial charge in [0.05, 0.1) is 26.4 Å². The molecule has 1 aromatic rings. The van der Waals surface area contributed by atoms with E-state index in [0.717, 1.165) is 5.56 Å². The van der Waals surface area contributed by atoms with Crippen molar-refractivity contribution in [1.82, 2.24) is 9.03 Å². The predicted molar refractivity (Wildman–Crippen MR) is 91.8 cm³/mol. The van der Waals surface area contributed by atoms with Crippen LogP contribution in [0.15, 0.2) is 18.2 Å². The first kappa shape index (κ1) is 19.0. The van der Waals surface area contributed by atoms with Gasteiger partial charge in [-0.15, -0.1) is 0 Å². The smallest absolute Gasteiger partial charge is 0.279 e. The molecule has 0 bridgehead atoms. The fraction of sp³-hybridized carbons (Fsp3) is 0.625. The minimum atomic E-state index is -3.50. The van der Waals surface area contributed by atoms with Crippen molar-refractivity contribution in [2.24, 2.45) is 0 Å². The lowest BCUT2D eigenvalue weighted by Crippen LogP contribution is -2.52. The topological polar surface area (TPSA) is 77.1 Å². The highest BCUT2D eigenvalue weighted by molar-refractivity contribution is 7.87. The summed E-state index contributed by atoms with van der Waals surface area (Å²) in [5.74, 6) is 1.28. The number of morpholine rings is 1. The van der Waals surface area contributed by atoms with Crippen LogP contribution in [0.25, 0.3) is 0 Å². The Hall–Kier alpha value is -1.35. The fourth-order valence-electron chi connectivity index (χ4n) is 2.78. The Labute approximate surface area is 144 Å². The van der Waals surface area contributed by atoms with Crippen molar-refractivity contribution in [2.75, 3.05) is 33.9 Å². The van der Waals surface area contributed by atoms with E-state index in [1.165, 1.54) is 4.31 Å². The molecule has 0 aliphatic carbocycles. The normalized spacial score (nSPS) is 22.3. The average molecular weight is 358 g/mol. The van der Waals surface area contributed by atoms with Crippen LogP contribution in [-0.4, -0.2) is 58.8 Å². The van der Waals surface area contributed by atoms with E-state index in [1.807, 2.05) is 32.0 Å². The van der Waals surface area contributed by atoms with Gasteiger partial charge < -0.3 is 14.2 Å². The third kappa shape index (κ3) is 4.83. The number of nitrogens with zero attached hydrogens (tertiary/aromatic N) is 1. The summed E-state index contributed by atoms with van der Waals surface area (Å²) < 4.78 is 44.9. The van der Waals surface area contributed by atoms with Gasteiger partial charge in [0.1, 0.15) is 0 Å². The molecule has 1 aromatic carbocycles. The zero-order chi connectivity index (χ0) is 17.7. The van der Waals surface area contributed by atoms with Crippen LogP contribution in [0.5, 0.6) is 11.5 Å². The van der Waals surface area contributed by atoms with Gasteiger partial charge in [0.15, 0.2) is 11.5 Å². The fourth-order valence-corrected chi connectivity index (χ4v) is 4.13. The molecule has 2 rings (SSSR count).